The second-order valence-corrected chi connectivity index (χ2v) is 4.83. The van der Waals surface area contributed by atoms with Crippen molar-refractivity contribution >= 4 is 12.0 Å². The SMILES string of the molecule is COc1cccc(/C=C/C(=O)Oc2c(OC)cccc2OC)c1OC. The van der Waals surface area contributed by atoms with E-state index in [1.165, 1.54) is 27.4 Å². The number of hydrogen-bond donors (Lipinski definition) is 0. The van der Waals surface area contributed by atoms with E-state index in [1.807, 2.05) is 0 Å². The topological polar surface area (TPSA) is 63.2 Å². The van der Waals surface area contributed by atoms with Crippen molar-refractivity contribution in [2.24, 2.45) is 0 Å². The molecule has 0 unspecified atom stereocenters. The van der Waals surface area contributed by atoms with Gasteiger partial charge >= 0.3 is 5.97 Å². The van der Waals surface area contributed by atoms with E-state index in [0.717, 1.165) is 0 Å². The van der Waals surface area contributed by atoms with Crippen LogP contribution in [0.2, 0.25) is 0 Å². The van der Waals surface area contributed by atoms with Crippen LogP contribution in [0.5, 0.6) is 28.7 Å². The van der Waals surface area contributed by atoms with Crippen molar-refractivity contribution in [3.63, 3.8) is 0 Å². The number of benzene rings is 2. The van der Waals surface area contributed by atoms with Crippen molar-refractivity contribution in [1.82, 2.24) is 0 Å². The third-order valence-electron chi connectivity index (χ3n) is 3.42. The third-order valence-corrected chi connectivity index (χ3v) is 3.42. The Morgan fingerprint density at radius 1 is 0.760 bits per heavy atom. The summed E-state index contributed by atoms with van der Waals surface area (Å²) in [5.41, 5.74) is 0.686. The lowest BCUT2D eigenvalue weighted by atomic mass is 10.1. The van der Waals surface area contributed by atoms with Gasteiger partial charge in [-0.1, -0.05) is 18.2 Å². The molecule has 25 heavy (non-hydrogen) atoms. The highest BCUT2D eigenvalue weighted by Gasteiger charge is 2.14. The highest BCUT2D eigenvalue weighted by molar-refractivity contribution is 5.90. The largest absolute Gasteiger partial charge is 0.493 e. The minimum atomic E-state index is -0.576. The highest BCUT2D eigenvalue weighted by Crippen LogP contribution is 2.37. The maximum absolute atomic E-state index is 12.2. The van der Waals surface area contributed by atoms with Crippen molar-refractivity contribution < 1.29 is 28.5 Å². The summed E-state index contributed by atoms with van der Waals surface area (Å²) in [6, 6.07) is 10.5. The summed E-state index contributed by atoms with van der Waals surface area (Å²) in [5.74, 6) is 1.56. The molecule has 0 aliphatic carbocycles. The molecule has 0 amide bonds. The summed E-state index contributed by atoms with van der Waals surface area (Å²) >= 11 is 0. The van der Waals surface area contributed by atoms with Crippen LogP contribution in [0.25, 0.3) is 6.08 Å². The molecule has 0 radical (unpaired) electrons. The van der Waals surface area contributed by atoms with Gasteiger partial charge in [-0.3, -0.25) is 0 Å². The van der Waals surface area contributed by atoms with Crippen LogP contribution in [0.4, 0.5) is 0 Å². The van der Waals surface area contributed by atoms with Gasteiger partial charge in [0.1, 0.15) is 0 Å². The van der Waals surface area contributed by atoms with Crippen molar-refractivity contribution in [3.05, 3.63) is 48.0 Å². The summed E-state index contributed by atoms with van der Waals surface area (Å²) in [6.45, 7) is 0. The van der Waals surface area contributed by atoms with E-state index in [-0.39, 0.29) is 5.75 Å². The normalized spacial score (nSPS) is 10.4. The molecule has 6 heteroatoms. The van der Waals surface area contributed by atoms with E-state index >= 15 is 0 Å². The molecule has 0 fully saturated rings. The fourth-order valence-corrected chi connectivity index (χ4v) is 2.25. The molecule has 2 aromatic carbocycles. The molecular weight excluding hydrogens is 324 g/mol. The van der Waals surface area contributed by atoms with Gasteiger partial charge in [-0.2, -0.15) is 0 Å². The zero-order chi connectivity index (χ0) is 18.2. The number of hydrogen-bond acceptors (Lipinski definition) is 6. The number of esters is 1. The number of carbonyl (C=O) groups is 1. The van der Waals surface area contributed by atoms with Crippen LogP contribution in [-0.4, -0.2) is 34.4 Å². The van der Waals surface area contributed by atoms with Crippen LogP contribution in [0, 0.1) is 0 Å². The van der Waals surface area contributed by atoms with E-state index < -0.39 is 5.97 Å². The molecule has 0 spiro atoms. The Hall–Kier alpha value is -3.15. The summed E-state index contributed by atoms with van der Waals surface area (Å²) < 4.78 is 26.3. The molecule has 0 heterocycles. The van der Waals surface area contributed by atoms with Crippen LogP contribution in [0.1, 0.15) is 5.56 Å². The van der Waals surface area contributed by atoms with Crippen molar-refractivity contribution in [2.75, 3.05) is 28.4 Å². The summed E-state index contributed by atoms with van der Waals surface area (Å²) in [6.07, 6.45) is 2.88. The Balaban J connectivity index is 2.23. The molecule has 0 aromatic heterocycles. The minimum absolute atomic E-state index is 0.222. The predicted octanol–water partition coefficient (Wildman–Crippen LogP) is 3.34. The first-order valence-corrected chi connectivity index (χ1v) is 7.46. The van der Waals surface area contributed by atoms with Crippen molar-refractivity contribution in [3.8, 4) is 28.7 Å². The lowest BCUT2D eigenvalue weighted by Gasteiger charge is -2.12. The number of methoxy groups -OCH3 is 4. The summed E-state index contributed by atoms with van der Waals surface area (Å²) in [4.78, 5) is 12.2. The summed E-state index contributed by atoms with van der Waals surface area (Å²) in [5, 5.41) is 0. The number of ether oxygens (including phenoxy) is 5. The number of carbonyl (C=O) groups excluding carboxylic acids is 1. The lowest BCUT2D eigenvalue weighted by molar-refractivity contribution is -0.129. The molecule has 0 aliphatic rings. The third kappa shape index (κ3) is 4.23. The van der Waals surface area contributed by atoms with E-state index in [9.17, 15) is 4.79 Å². The maximum Gasteiger partial charge on any atom is 0.336 e. The van der Waals surface area contributed by atoms with Gasteiger partial charge in [0.25, 0.3) is 0 Å². The average Bonchev–Trinajstić information content (AvgIpc) is 2.65. The van der Waals surface area contributed by atoms with Crippen LogP contribution >= 0.6 is 0 Å². The Labute approximate surface area is 146 Å². The molecule has 0 bridgehead atoms. The average molecular weight is 344 g/mol. The van der Waals surface area contributed by atoms with E-state index in [1.54, 1.807) is 49.6 Å². The van der Waals surface area contributed by atoms with Gasteiger partial charge in [-0.05, 0) is 24.3 Å². The first-order valence-electron chi connectivity index (χ1n) is 7.46. The van der Waals surface area contributed by atoms with Gasteiger partial charge in [0.15, 0.2) is 23.0 Å². The lowest BCUT2D eigenvalue weighted by Crippen LogP contribution is -2.06. The van der Waals surface area contributed by atoms with Gasteiger partial charge in [-0.25, -0.2) is 4.79 Å². The number of rotatable bonds is 7. The standard InChI is InChI=1S/C19H20O6/c1-21-14-8-5-7-13(18(14)24-4)11-12-17(20)25-19-15(22-2)9-6-10-16(19)23-3/h5-12H,1-4H3/b12-11+. The zero-order valence-corrected chi connectivity index (χ0v) is 14.6. The molecule has 0 aliphatic heterocycles. The van der Waals surface area contributed by atoms with Gasteiger partial charge < -0.3 is 23.7 Å². The quantitative estimate of drug-likeness (QED) is 0.436. The van der Waals surface area contributed by atoms with Crippen LogP contribution in [0.15, 0.2) is 42.5 Å². The molecule has 2 rings (SSSR count). The smallest absolute Gasteiger partial charge is 0.336 e. The molecular formula is C19H20O6. The fourth-order valence-electron chi connectivity index (χ4n) is 2.25. The van der Waals surface area contributed by atoms with E-state index in [2.05, 4.69) is 0 Å². The Kier molecular flexibility index (Phi) is 6.28. The Morgan fingerprint density at radius 3 is 1.80 bits per heavy atom. The number of para-hydroxylation sites is 2. The summed E-state index contributed by atoms with van der Waals surface area (Å²) in [7, 11) is 6.06. The van der Waals surface area contributed by atoms with Crippen molar-refractivity contribution in [1.29, 1.82) is 0 Å². The Bertz CT molecular complexity index is 744. The van der Waals surface area contributed by atoms with Crippen molar-refractivity contribution in [2.45, 2.75) is 0 Å². The maximum atomic E-state index is 12.2. The van der Waals surface area contributed by atoms with E-state index in [4.69, 9.17) is 23.7 Å². The van der Waals surface area contributed by atoms with Gasteiger partial charge in [-0.15, -0.1) is 0 Å². The monoisotopic (exact) mass is 344 g/mol. The van der Waals surface area contributed by atoms with Crippen LogP contribution < -0.4 is 23.7 Å². The molecule has 0 N–H and O–H groups in total. The molecule has 0 atom stereocenters. The Morgan fingerprint density at radius 2 is 1.28 bits per heavy atom. The molecule has 0 saturated carbocycles. The first-order chi connectivity index (χ1) is 12.1. The van der Waals surface area contributed by atoms with Crippen LogP contribution in [-0.2, 0) is 4.79 Å². The van der Waals surface area contributed by atoms with Gasteiger partial charge in [0, 0.05) is 11.6 Å². The fraction of sp³-hybridized carbons (Fsp3) is 0.211. The molecule has 2 aromatic rings. The molecule has 132 valence electrons. The van der Waals surface area contributed by atoms with Gasteiger partial charge in [0.2, 0.25) is 5.75 Å². The van der Waals surface area contributed by atoms with Gasteiger partial charge in [0.05, 0.1) is 28.4 Å². The molecule has 0 saturated heterocycles. The van der Waals surface area contributed by atoms with Crippen LogP contribution in [0.3, 0.4) is 0 Å². The first kappa shape index (κ1) is 18.2. The molecule has 6 nitrogen and oxygen atoms in total. The zero-order valence-electron chi connectivity index (χ0n) is 14.6. The van der Waals surface area contributed by atoms with E-state index in [0.29, 0.717) is 28.6 Å². The predicted molar refractivity (Wildman–Crippen MR) is 93.8 cm³/mol. The second kappa shape index (κ2) is 8.63. The highest BCUT2D eigenvalue weighted by atomic mass is 16.6. The minimum Gasteiger partial charge on any atom is -0.493 e. The second-order valence-electron chi connectivity index (χ2n) is 4.83.